The van der Waals surface area contributed by atoms with Crippen LogP contribution in [-0.2, 0) is 17.1 Å². The molecule has 0 aliphatic carbocycles. The second-order valence-corrected chi connectivity index (χ2v) is 22.4. The Morgan fingerprint density at radius 3 is 1.17 bits per heavy atom. The molecule has 83 heavy (non-hydrogen) atoms. The first-order chi connectivity index (χ1) is 40.1. The van der Waals surface area contributed by atoms with E-state index in [1.165, 1.54) is 35.3 Å². The van der Waals surface area contributed by atoms with Crippen molar-refractivity contribution in [1.29, 1.82) is 0 Å². The molecule has 417 valence electrons. The fourth-order valence-corrected chi connectivity index (χ4v) is 13.1. The van der Waals surface area contributed by atoms with Crippen LogP contribution in [0.2, 0.25) is 0 Å². The summed E-state index contributed by atoms with van der Waals surface area (Å²) in [5, 5.41) is 1.48. The molecule has 0 saturated heterocycles. The summed E-state index contributed by atoms with van der Waals surface area (Å²) in [4.78, 5) is 102. The summed E-state index contributed by atoms with van der Waals surface area (Å²) >= 11 is 4.60. The summed E-state index contributed by atoms with van der Waals surface area (Å²) in [6.07, 6.45) is 3.20. The number of aromatic nitrogens is 10. The number of fused-ring (bicyclic) bond motifs is 20. The Hall–Kier alpha value is -8.26. The molecule has 0 unspecified atom stereocenters. The molecule has 20 heteroatoms. The van der Waals surface area contributed by atoms with Gasteiger partial charge in [0.05, 0.1) is 23.3 Å². The van der Waals surface area contributed by atoms with Crippen LogP contribution in [0.3, 0.4) is 0 Å². The first-order valence-electron chi connectivity index (χ1n) is 27.2. The third-order valence-corrected chi connectivity index (χ3v) is 17.6. The predicted molar refractivity (Wildman–Crippen MR) is 323 cm³/mol. The molecule has 0 saturated carbocycles. The number of carbonyl (C=O) groups is 3. The van der Waals surface area contributed by atoms with Crippen molar-refractivity contribution in [2.75, 3.05) is 39.3 Å². The minimum Gasteiger partial charge on any atom is -0.357 e. The molecule has 16 nitrogen and oxygen atoms in total. The van der Waals surface area contributed by atoms with Gasteiger partial charge in [0, 0.05) is 148 Å². The van der Waals surface area contributed by atoms with Crippen LogP contribution in [0.25, 0.3) is 89.9 Å². The van der Waals surface area contributed by atoms with Crippen LogP contribution >= 0.6 is 35.3 Å². The summed E-state index contributed by atoms with van der Waals surface area (Å²) in [6.45, 7) is 15.6. The fourth-order valence-electron chi connectivity index (χ4n) is 10.1. The predicted octanol–water partition coefficient (Wildman–Crippen LogP) is 12.8. The van der Waals surface area contributed by atoms with Gasteiger partial charge < -0.3 is 44.6 Å². The molecule has 0 spiro atoms. The van der Waals surface area contributed by atoms with Gasteiger partial charge in [-0.25, -0.2) is 9.97 Å². The minimum atomic E-state index is -0.0176. The van der Waals surface area contributed by atoms with Gasteiger partial charge in [-0.05, 0) is 138 Å². The van der Waals surface area contributed by atoms with E-state index in [2.05, 4.69) is 0 Å². The molecule has 2 aliphatic heterocycles. The van der Waals surface area contributed by atoms with E-state index in [0.29, 0.717) is 102 Å². The van der Waals surface area contributed by atoms with E-state index in [1.807, 2.05) is 169 Å². The Morgan fingerprint density at radius 2 is 0.747 bits per heavy atom. The zero-order chi connectivity index (χ0) is 56.6. The van der Waals surface area contributed by atoms with Gasteiger partial charge in [-0.3, -0.25) is 24.4 Å². The average Bonchev–Trinajstić information content (AvgIpc) is 2.48. The van der Waals surface area contributed by atoms with Crippen molar-refractivity contribution in [2.24, 2.45) is 0 Å². The minimum absolute atomic E-state index is 0. The number of hydrogen-bond donors (Lipinski definition) is 0. The van der Waals surface area contributed by atoms with Crippen molar-refractivity contribution in [3.05, 3.63) is 156 Å². The summed E-state index contributed by atoms with van der Waals surface area (Å²) in [7, 11) is 0. The van der Waals surface area contributed by atoms with Crippen molar-refractivity contribution in [1.82, 2.24) is 64.5 Å². The SMILES string of the molecule is CCN(CC)C(=O)c1ccc(Sc2cccc3c2-c2nc-3nc3[n-]c(nc4nc(nc5[n-]c(n2)c2cccc(Sc6ccc(C(=O)N(CC)CC)cc6)c52)-c2cccc(Sc5ccc(C(=O)N(CC)CC)cc5)c2-4)c2nccnc32)cc1.[Cu+2]. The summed E-state index contributed by atoms with van der Waals surface area (Å²) in [5.41, 5.74) is 6.94. The van der Waals surface area contributed by atoms with E-state index in [9.17, 15) is 14.4 Å². The molecule has 12 rings (SSSR count). The van der Waals surface area contributed by atoms with Crippen LogP contribution in [0.1, 0.15) is 72.6 Å². The monoisotopic (exact) mass is 1200 g/mol. The zero-order valence-electron chi connectivity index (χ0n) is 46.1. The van der Waals surface area contributed by atoms with Crippen molar-refractivity contribution in [3.63, 3.8) is 0 Å². The summed E-state index contributed by atoms with van der Waals surface area (Å²) in [6, 6.07) is 40.9. The first kappa shape index (κ1) is 56.6. The third-order valence-electron chi connectivity index (χ3n) is 14.4. The van der Waals surface area contributed by atoms with E-state index >= 15 is 0 Å². The molecule has 4 aromatic heterocycles. The van der Waals surface area contributed by atoms with Crippen LogP contribution in [0.5, 0.6) is 0 Å². The number of hydrogen-bond acceptors (Lipinski definition) is 14. The van der Waals surface area contributed by atoms with E-state index in [0.717, 1.165) is 62.4 Å². The number of carbonyl (C=O) groups excluding carboxylic acids is 3. The summed E-state index contributed by atoms with van der Waals surface area (Å²) < 4.78 is 0. The van der Waals surface area contributed by atoms with Gasteiger partial charge in [-0.2, -0.15) is 0 Å². The zero-order valence-corrected chi connectivity index (χ0v) is 49.5. The van der Waals surface area contributed by atoms with Gasteiger partial charge >= 0.3 is 17.1 Å². The largest absolute Gasteiger partial charge is 2.00 e. The Kier molecular flexibility index (Phi) is 16.6. The molecule has 0 atom stereocenters. The normalized spacial score (nSPS) is 11.5. The quantitative estimate of drug-likeness (QED) is 0.0879. The van der Waals surface area contributed by atoms with Crippen molar-refractivity contribution in [2.45, 2.75) is 70.9 Å². The van der Waals surface area contributed by atoms with Crippen LogP contribution in [-0.4, -0.2) is 112 Å². The van der Waals surface area contributed by atoms with E-state index in [-0.39, 0.29) is 46.1 Å². The molecule has 10 aromatic rings. The van der Waals surface area contributed by atoms with Crippen LogP contribution in [0.4, 0.5) is 0 Å². The second kappa shape index (κ2) is 24.3. The maximum absolute atomic E-state index is 13.4. The Morgan fingerprint density at radius 1 is 0.398 bits per heavy atom. The molecule has 6 aromatic carbocycles. The smallest absolute Gasteiger partial charge is 0.357 e. The van der Waals surface area contributed by atoms with Crippen molar-refractivity contribution in [3.8, 4) is 45.6 Å². The molecular formula is C63H53CuN13O3S3. The van der Waals surface area contributed by atoms with E-state index in [1.54, 1.807) is 27.1 Å². The third kappa shape index (κ3) is 10.9. The number of rotatable bonds is 15. The second-order valence-electron chi connectivity index (χ2n) is 19.1. The van der Waals surface area contributed by atoms with Gasteiger partial charge in [0.2, 0.25) is 0 Å². The molecule has 3 amide bonds. The Bertz CT molecular complexity index is 4240. The van der Waals surface area contributed by atoms with Crippen molar-refractivity contribution < 1.29 is 31.5 Å². The van der Waals surface area contributed by atoms with Gasteiger partial charge in [0.15, 0.2) is 0 Å². The standard InChI is InChI=1S/C63H53N13O3S3.Cu/c1-7-74(8-2)61(77)36-22-28-39(29-23-36)80-45-19-13-16-42-48(45)56-66-53(42)67-57-49-44(18-15-20-46(49)81-40-30-24-37(25-31-40)62(78)75(9-3)10-4)55(70-57)71-59-51-52(65-35-34-64-51)60(73-59)72-58-50-43(54(68-56)69-58)17-14-21-47(50)82-41-32-26-38(27-33-41)63(79)76(11-5)12-6;/h13-35H,7-12H2,1-6H3;/q-2;+2. The molecule has 0 N–H and O–H groups in total. The fraction of sp³-hybridized carbons (Fsp3) is 0.190. The molecule has 8 bridgehead atoms. The van der Waals surface area contributed by atoms with Crippen LogP contribution in [0, 0.1) is 0 Å². The number of benzene rings is 6. The summed E-state index contributed by atoms with van der Waals surface area (Å²) in [5.74, 6) is 1.43. The molecule has 1 radical (unpaired) electrons. The average molecular weight is 1200 g/mol. The van der Waals surface area contributed by atoms with E-state index in [4.69, 9.17) is 49.8 Å². The Labute approximate surface area is 502 Å². The first-order valence-corrected chi connectivity index (χ1v) is 29.7. The van der Waals surface area contributed by atoms with Crippen molar-refractivity contribution >= 4 is 97.4 Å². The molecule has 2 aliphatic rings. The van der Waals surface area contributed by atoms with Gasteiger partial charge in [0.25, 0.3) is 17.7 Å². The molecular weight excluding hydrogens is 1150 g/mol. The number of nitrogens with zero attached hydrogens (tertiary/aromatic N) is 13. The van der Waals surface area contributed by atoms with Gasteiger partial charge in [0.1, 0.15) is 11.0 Å². The Balaban J connectivity index is 0.00000721. The topological polar surface area (TPSA) is 192 Å². The van der Waals surface area contributed by atoms with Gasteiger partial charge in [-0.1, -0.05) is 71.7 Å². The maximum atomic E-state index is 13.4. The van der Waals surface area contributed by atoms with E-state index < -0.39 is 0 Å². The van der Waals surface area contributed by atoms with Crippen LogP contribution in [0.15, 0.2) is 169 Å². The number of amides is 3. The molecule has 6 heterocycles. The molecule has 0 fully saturated rings. The maximum Gasteiger partial charge on any atom is 2.00 e. The van der Waals surface area contributed by atoms with Crippen LogP contribution < -0.4 is 9.97 Å². The van der Waals surface area contributed by atoms with Gasteiger partial charge in [-0.15, -0.1) is 0 Å².